The number of carbonyl (C=O) groups is 4. The van der Waals surface area contributed by atoms with Gasteiger partial charge in [-0.25, -0.2) is 18.9 Å². The van der Waals surface area contributed by atoms with Gasteiger partial charge in [-0.15, -0.1) is 0 Å². The van der Waals surface area contributed by atoms with Gasteiger partial charge in [0.05, 0.1) is 0 Å². The van der Waals surface area contributed by atoms with Crippen LogP contribution in [0.5, 0.6) is 0 Å². The van der Waals surface area contributed by atoms with Crippen molar-refractivity contribution in [2.24, 2.45) is 0 Å². The number of ether oxygens (including phenoxy) is 1. The SMILES string of the molecule is CNC(=O)Nc1ccc2c(c1)C1(CC2)OC(=O)N(CC(=O)N(Cc2ccc(F)cc2)C(C)C(F)(F)F)C1=O. The second-order valence-electron chi connectivity index (χ2n) is 9.03. The van der Waals surface area contributed by atoms with E-state index in [1.54, 1.807) is 12.1 Å². The van der Waals surface area contributed by atoms with Crippen LogP contribution in [0.3, 0.4) is 0 Å². The lowest BCUT2D eigenvalue weighted by atomic mass is 9.94. The lowest BCUT2D eigenvalue weighted by molar-refractivity contribution is -0.187. The number of amides is 5. The number of alkyl halides is 3. The molecule has 9 nitrogen and oxygen atoms in total. The van der Waals surface area contributed by atoms with Crippen molar-refractivity contribution in [3.63, 3.8) is 0 Å². The Bertz CT molecular complexity index is 1280. The zero-order valence-corrected chi connectivity index (χ0v) is 20.4. The molecule has 2 unspecified atom stereocenters. The van der Waals surface area contributed by atoms with Gasteiger partial charge in [0.1, 0.15) is 18.4 Å². The zero-order valence-electron chi connectivity index (χ0n) is 20.4. The number of hydrogen-bond donors (Lipinski definition) is 2. The Labute approximate surface area is 214 Å². The Hall–Kier alpha value is -4.16. The number of nitrogens with zero attached hydrogens (tertiary/aromatic N) is 2. The average molecular weight is 536 g/mol. The normalized spacial score (nSPS) is 19.3. The van der Waals surface area contributed by atoms with E-state index in [0.29, 0.717) is 33.0 Å². The molecule has 1 spiro atoms. The highest BCUT2D eigenvalue weighted by Crippen LogP contribution is 2.46. The molecule has 1 heterocycles. The van der Waals surface area contributed by atoms with Gasteiger partial charge in [-0.3, -0.25) is 9.59 Å². The van der Waals surface area contributed by atoms with E-state index in [-0.39, 0.29) is 12.0 Å². The number of carbonyl (C=O) groups excluding carboxylic acids is 4. The molecule has 2 aromatic rings. The predicted octanol–water partition coefficient (Wildman–Crippen LogP) is 3.68. The Kier molecular flexibility index (Phi) is 7.04. The molecule has 202 valence electrons. The number of halogens is 4. The van der Waals surface area contributed by atoms with Crippen LogP contribution in [0.4, 0.5) is 32.8 Å². The summed E-state index contributed by atoms with van der Waals surface area (Å²) in [6.07, 6.45) is -5.54. The van der Waals surface area contributed by atoms with Crippen molar-refractivity contribution in [1.29, 1.82) is 0 Å². The van der Waals surface area contributed by atoms with Gasteiger partial charge in [-0.1, -0.05) is 18.2 Å². The quantitative estimate of drug-likeness (QED) is 0.548. The zero-order chi connectivity index (χ0) is 27.8. The van der Waals surface area contributed by atoms with Crippen molar-refractivity contribution >= 4 is 29.6 Å². The lowest BCUT2D eigenvalue weighted by Crippen LogP contribution is -2.51. The van der Waals surface area contributed by atoms with Gasteiger partial charge in [-0.05, 0) is 48.7 Å². The van der Waals surface area contributed by atoms with Crippen LogP contribution in [0.15, 0.2) is 42.5 Å². The van der Waals surface area contributed by atoms with E-state index in [9.17, 15) is 36.7 Å². The first-order valence-electron chi connectivity index (χ1n) is 11.6. The van der Waals surface area contributed by atoms with Crippen molar-refractivity contribution < 1.29 is 41.5 Å². The van der Waals surface area contributed by atoms with Gasteiger partial charge in [0.15, 0.2) is 0 Å². The number of aryl methyl sites for hydroxylation is 1. The van der Waals surface area contributed by atoms with Gasteiger partial charge < -0.3 is 20.3 Å². The number of nitrogens with one attached hydrogen (secondary N) is 2. The molecule has 0 aromatic heterocycles. The van der Waals surface area contributed by atoms with Crippen LogP contribution in [-0.4, -0.2) is 59.5 Å². The maximum absolute atomic E-state index is 13.6. The second kappa shape index (κ2) is 9.95. The molecule has 0 saturated carbocycles. The van der Waals surface area contributed by atoms with Gasteiger partial charge >= 0.3 is 18.3 Å². The third-order valence-corrected chi connectivity index (χ3v) is 6.67. The van der Waals surface area contributed by atoms with Gasteiger partial charge in [0.25, 0.3) is 5.91 Å². The number of fused-ring (bicyclic) bond motifs is 2. The van der Waals surface area contributed by atoms with Crippen LogP contribution in [-0.2, 0) is 32.9 Å². The molecule has 2 N–H and O–H groups in total. The molecule has 1 aliphatic heterocycles. The fraction of sp³-hybridized carbons (Fsp3) is 0.360. The number of urea groups is 1. The standard InChI is InChI=1S/C25H24F4N4O5/c1-14(25(27,28)29)32(12-15-3-6-17(26)7-4-15)20(34)13-33-21(35)24(38-23(33)37)10-9-16-5-8-18(11-19(16)24)31-22(36)30-2/h3-8,11,14H,9-10,12-13H2,1-2H3,(H2,30,31,36). The fourth-order valence-electron chi connectivity index (χ4n) is 4.53. The Balaban J connectivity index is 1.59. The van der Waals surface area contributed by atoms with Crippen molar-refractivity contribution in [3.05, 3.63) is 65.0 Å². The van der Waals surface area contributed by atoms with E-state index in [1.165, 1.54) is 25.2 Å². The molecule has 5 amide bonds. The molecule has 1 fully saturated rings. The van der Waals surface area contributed by atoms with Crippen molar-refractivity contribution in [1.82, 2.24) is 15.1 Å². The molecule has 0 radical (unpaired) electrons. The number of hydrogen-bond acceptors (Lipinski definition) is 5. The van der Waals surface area contributed by atoms with Crippen LogP contribution in [0.25, 0.3) is 0 Å². The summed E-state index contributed by atoms with van der Waals surface area (Å²) in [4.78, 5) is 52.0. The van der Waals surface area contributed by atoms with E-state index < -0.39 is 60.7 Å². The van der Waals surface area contributed by atoms with Gasteiger partial charge in [0.2, 0.25) is 11.5 Å². The minimum Gasteiger partial charge on any atom is -0.427 e. The molecular weight excluding hydrogens is 512 g/mol. The largest absolute Gasteiger partial charge is 0.427 e. The molecule has 4 rings (SSSR count). The smallest absolute Gasteiger partial charge is 0.418 e. The first kappa shape index (κ1) is 26.9. The molecule has 38 heavy (non-hydrogen) atoms. The predicted molar refractivity (Wildman–Crippen MR) is 125 cm³/mol. The van der Waals surface area contributed by atoms with Crippen molar-refractivity contribution in [3.8, 4) is 0 Å². The molecule has 2 aromatic carbocycles. The van der Waals surface area contributed by atoms with Crippen molar-refractivity contribution in [2.45, 2.75) is 44.1 Å². The summed E-state index contributed by atoms with van der Waals surface area (Å²) in [5, 5.41) is 4.94. The average Bonchev–Trinajstić information content (AvgIpc) is 3.34. The van der Waals surface area contributed by atoms with Gasteiger partial charge in [-0.2, -0.15) is 13.2 Å². The highest BCUT2D eigenvalue weighted by atomic mass is 19.4. The third-order valence-electron chi connectivity index (χ3n) is 6.67. The van der Waals surface area contributed by atoms with Crippen LogP contribution in [0.2, 0.25) is 0 Å². The van der Waals surface area contributed by atoms with E-state index in [1.807, 2.05) is 0 Å². The summed E-state index contributed by atoms with van der Waals surface area (Å²) >= 11 is 0. The molecular formula is C25H24F4N4O5. The van der Waals surface area contributed by atoms with E-state index >= 15 is 0 Å². The first-order chi connectivity index (χ1) is 17.9. The maximum atomic E-state index is 13.6. The van der Waals surface area contributed by atoms with E-state index in [4.69, 9.17) is 4.74 Å². The summed E-state index contributed by atoms with van der Waals surface area (Å²) in [5.74, 6) is -2.63. The minimum absolute atomic E-state index is 0.0687. The number of imide groups is 1. The van der Waals surface area contributed by atoms with E-state index in [0.717, 1.165) is 19.1 Å². The summed E-state index contributed by atoms with van der Waals surface area (Å²) in [7, 11) is 1.42. The maximum Gasteiger partial charge on any atom is 0.418 e. The van der Waals surface area contributed by atoms with Crippen LogP contribution >= 0.6 is 0 Å². The van der Waals surface area contributed by atoms with Crippen LogP contribution in [0, 0.1) is 5.82 Å². The third kappa shape index (κ3) is 5.00. The molecule has 2 atom stereocenters. The summed E-state index contributed by atoms with van der Waals surface area (Å²) in [6.45, 7) is -0.729. The number of benzene rings is 2. The highest BCUT2D eigenvalue weighted by molar-refractivity contribution is 6.06. The topological polar surface area (TPSA) is 108 Å². The number of anilines is 1. The van der Waals surface area contributed by atoms with E-state index in [2.05, 4.69) is 10.6 Å². The van der Waals surface area contributed by atoms with Crippen molar-refractivity contribution in [2.75, 3.05) is 18.9 Å². The molecule has 1 aliphatic carbocycles. The molecule has 1 saturated heterocycles. The summed E-state index contributed by atoms with van der Waals surface area (Å²) < 4.78 is 59.5. The first-order valence-corrected chi connectivity index (χ1v) is 11.6. The lowest BCUT2D eigenvalue weighted by Gasteiger charge is -2.31. The monoisotopic (exact) mass is 536 g/mol. The molecule has 2 aliphatic rings. The summed E-state index contributed by atoms with van der Waals surface area (Å²) in [5.41, 5.74) is -0.197. The number of rotatable bonds is 6. The van der Waals surface area contributed by atoms with Crippen LogP contribution < -0.4 is 10.6 Å². The Morgan fingerprint density at radius 1 is 1.16 bits per heavy atom. The molecule has 13 heteroatoms. The summed E-state index contributed by atoms with van der Waals surface area (Å²) in [6, 6.07) is 6.57. The van der Waals surface area contributed by atoms with Gasteiger partial charge in [0, 0.05) is 31.3 Å². The highest BCUT2D eigenvalue weighted by Gasteiger charge is 2.58. The van der Waals surface area contributed by atoms with Crippen LogP contribution in [0.1, 0.15) is 30.0 Å². The molecule has 0 bridgehead atoms. The Morgan fingerprint density at radius 2 is 1.84 bits per heavy atom. The minimum atomic E-state index is -4.80. The Morgan fingerprint density at radius 3 is 2.47 bits per heavy atom. The fourth-order valence-corrected chi connectivity index (χ4v) is 4.53. The second-order valence-corrected chi connectivity index (χ2v) is 9.03.